The normalized spacial score (nSPS) is 17.2. The molecule has 0 amide bonds. The van der Waals surface area contributed by atoms with Crippen LogP contribution >= 0.6 is 9.39 Å². The summed E-state index contributed by atoms with van der Waals surface area (Å²) in [6, 6.07) is 0. The summed E-state index contributed by atoms with van der Waals surface area (Å²) >= 11 is 0. The van der Waals surface area contributed by atoms with Crippen LogP contribution in [-0.2, 0) is 0 Å². The van der Waals surface area contributed by atoms with Crippen molar-refractivity contribution in [2.75, 3.05) is 20.1 Å². The van der Waals surface area contributed by atoms with Gasteiger partial charge < -0.3 is 10.4 Å². The predicted molar refractivity (Wildman–Crippen MR) is 40.9 cm³/mol. The van der Waals surface area contributed by atoms with Crippen LogP contribution in [0.4, 0.5) is 0 Å². The first-order valence-electron chi connectivity index (χ1n) is 3.00. The topological polar surface area (TPSA) is 24.1 Å². The van der Waals surface area contributed by atoms with Crippen LogP contribution in [0.2, 0.25) is 0 Å². The molecule has 0 radical (unpaired) electrons. The monoisotopic (exact) mass is 134 g/mol. The molecule has 1 heterocycles. The molecule has 1 aliphatic heterocycles. The van der Waals surface area contributed by atoms with Crippen LogP contribution in [0.25, 0.3) is 0 Å². The van der Waals surface area contributed by atoms with Gasteiger partial charge in [0.05, 0.1) is 0 Å². The van der Waals surface area contributed by atoms with E-state index in [4.69, 9.17) is 0 Å². The summed E-state index contributed by atoms with van der Waals surface area (Å²) in [5, 5.41) is 5.89. The van der Waals surface area contributed by atoms with Gasteiger partial charge in [0.25, 0.3) is 0 Å². The molecule has 0 bridgehead atoms. The van der Waals surface area contributed by atoms with Gasteiger partial charge in [0.2, 0.25) is 0 Å². The molecule has 3 heteroatoms. The van der Waals surface area contributed by atoms with Crippen LogP contribution < -0.4 is 10.4 Å². The van der Waals surface area contributed by atoms with Crippen molar-refractivity contribution in [1.82, 2.24) is 10.4 Å². The van der Waals surface area contributed by atoms with Crippen molar-refractivity contribution in [2.45, 2.75) is 12.8 Å². The molecule has 2 nitrogen and oxygen atoms in total. The third kappa shape index (κ3) is 6.35. The van der Waals surface area contributed by atoms with Crippen LogP contribution in [0, 0.1) is 0 Å². The minimum Gasteiger partial charge on any atom is -0.317 e. The Morgan fingerprint density at radius 3 is 1.88 bits per heavy atom. The Labute approximate surface area is 53.7 Å². The molecule has 8 heavy (non-hydrogen) atoms. The fourth-order valence-corrected chi connectivity index (χ4v) is 0.625. The van der Waals surface area contributed by atoms with Crippen LogP contribution in [-0.4, -0.2) is 20.1 Å². The van der Waals surface area contributed by atoms with Gasteiger partial charge in [-0.15, -0.1) is 0 Å². The zero-order valence-corrected chi connectivity index (χ0v) is 6.56. The van der Waals surface area contributed by atoms with Gasteiger partial charge in [-0.25, -0.2) is 0 Å². The Hall–Kier alpha value is 0.350. The molecule has 0 aromatic heterocycles. The molecule has 0 spiro atoms. The molecule has 1 saturated heterocycles. The summed E-state index contributed by atoms with van der Waals surface area (Å²) in [5.41, 5.74) is 0. The first-order valence-corrected chi connectivity index (χ1v) is 3.57. The van der Waals surface area contributed by atoms with Crippen LogP contribution in [0.15, 0.2) is 0 Å². The number of rotatable bonds is 0. The minimum absolute atomic E-state index is 1.25. The molecule has 0 aromatic carbocycles. The third-order valence-electron chi connectivity index (χ3n) is 0.957. The van der Waals surface area contributed by atoms with Crippen molar-refractivity contribution >= 4 is 9.39 Å². The van der Waals surface area contributed by atoms with E-state index in [-0.39, 0.29) is 0 Å². The van der Waals surface area contributed by atoms with E-state index in [1.807, 2.05) is 7.05 Å². The van der Waals surface area contributed by atoms with E-state index in [0.29, 0.717) is 0 Å². The lowest BCUT2D eigenvalue weighted by atomic mass is 10.4. The molecular weight excluding hydrogens is 119 g/mol. The van der Waals surface area contributed by atoms with E-state index in [9.17, 15) is 0 Å². The Morgan fingerprint density at radius 2 is 1.75 bits per heavy atom. The standard InChI is InChI=1S/C4H9N.CH6NP/c1-2-4-5-3-1;1-2-3/h5H,1-4H2;2H,3H2,1H3. The molecule has 0 aliphatic carbocycles. The van der Waals surface area contributed by atoms with Crippen molar-refractivity contribution in [3.8, 4) is 0 Å². The number of hydrogen-bond acceptors (Lipinski definition) is 2. The number of hydrogen-bond donors (Lipinski definition) is 2. The van der Waals surface area contributed by atoms with Crippen molar-refractivity contribution in [3.63, 3.8) is 0 Å². The van der Waals surface area contributed by atoms with Gasteiger partial charge in [-0.2, -0.15) is 0 Å². The Bertz CT molecular complexity index is 29.8. The highest BCUT2D eigenvalue weighted by molar-refractivity contribution is 7.13. The van der Waals surface area contributed by atoms with Gasteiger partial charge >= 0.3 is 0 Å². The van der Waals surface area contributed by atoms with Gasteiger partial charge in [-0.05, 0) is 33.0 Å². The van der Waals surface area contributed by atoms with Gasteiger partial charge in [-0.1, -0.05) is 9.39 Å². The second kappa shape index (κ2) is 7.35. The van der Waals surface area contributed by atoms with E-state index >= 15 is 0 Å². The van der Waals surface area contributed by atoms with Gasteiger partial charge in [0.15, 0.2) is 0 Å². The smallest absolute Gasteiger partial charge is 0.00484 e. The highest BCUT2D eigenvalue weighted by atomic mass is 31.0. The SMILES string of the molecule is C1CCNC1.CNP. The van der Waals surface area contributed by atoms with E-state index in [2.05, 4.69) is 19.8 Å². The number of nitrogens with one attached hydrogen (secondary N) is 2. The van der Waals surface area contributed by atoms with Gasteiger partial charge in [0, 0.05) is 0 Å². The highest BCUT2D eigenvalue weighted by Crippen LogP contribution is 1.90. The maximum Gasteiger partial charge on any atom is -0.00484 e. The maximum absolute atomic E-state index is 3.22. The third-order valence-corrected chi connectivity index (χ3v) is 0.957. The molecule has 1 aliphatic rings. The van der Waals surface area contributed by atoms with E-state index in [1.54, 1.807) is 0 Å². The van der Waals surface area contributed by atoms with Crippen molar-refractivity contribution in [2.24, 2.45) is 0 Å². The quantitative estimate of drug-likeness (QED) is 0.467. The Kier molecular flexibility index (Phi) is 7.67. The molecule has 1 unspecified atom stereocenters. The van der Waals surface area contributed by atoms with Crippen molar-refractivity contribution < 1.29 is 0 Å². The molecule has 2 N–H and O–H groups in total. The van der Waals surface area contributed by atoms with Crippen molar-refractivity contribution in [1.29, 1.82) is 0 Å². The van der Waals surface area contributed by atoms with Crippen LogP contribution in [0.3, 0.4) is 0 Å². The first kappa shape index (κ1) is 8.35. The highest BCUT2D eigenvalue weighted by Gasteiger charge is 1.93. The summed E-state index contributed by atoms with van der Waals surface area (Å²) in [7, 11) is 4.17. The first-order chi connectivity index (χ1) is 3.91. The van der Waals surface area contributed by atoms with E-state index < -0.39 is 0 Å². The zero-order valence-electron chi connectivity index (χ0n) is 5.41. The molecule has 50 valence electrons. The average molecular weight is 134 g/mol. The summed E-state index contributed by atoms with van der Waals surface area (Å²) in [6.07, 6.45) is 2.78. The molecule has 1 rings (SSSR count). The fourth-order valence-electron chi connectivity index (χ4n) is 0.625. The fraction of sp³-hybridized carbons (Fsp3) is 1.00. The second-order valence-corrected chi connectivity index (χ2v) is 2.32. The lowest BCUT2D eigenvalue weighted by Crippen LogP contribution is -2.03. The Morgan fingerprint density at radius 1 is 1.38 bits per heavy atom. The van der Waals surface area contributed by atoms with Crippen LogP contribution in [0.1, 0.15) is 12.8 Å². The predicted octanol–water partition coefficient (Wildman–Crippen LogP) is 0.366. The largest absolute Gasteiger partial charge is 0.317 e. The lowest BCUT2D eigenvalue weighted by Gasteiger charge is -1.76. The van der Waals surface area contributed by atoms with E-state index in [1.165, 1.54) is 25.9 Å². The van der Waals surface area contributed by atoms with E-state index in [0.717, 1.165) is 0 Å². The minimum atomic E-state index is 1.25. The lowest BCUT2D eigenvalue weighted by molar-refractivity contribution is 0.857. The van der Waals surface area contributed by atoms with Gasteiger partial charge in [0.1, 0.15) is 0 Å². The summed E-state index contributed by atoms with van der Waals surface area (Å²) in [6.45, 7) is 2.50. The average Bonchev–Trinajstić information content (AvgIpc) is 2.17. The molecule has 1 fully saturated rings. The summed E-state index contributed by atoms with van der Waals surface area (Å²) < 4.78 is 0. The Balaban J connectivity index is 0.000000145. The molecule has 1 atom stereocenters. The summed E-state index contributed by atoms with van der Waals surface area (Å²) in [4.78, 5) is 0. The molecule has 0 aromatic rings. The molecule has 0 saturated carbocycles. The van der Waals surface area contributed by atoms with Crippen LogP contribution in [0.5, 0.6) is 0 Å². The molecular formula is C5H15N2P. The summed E-state index contributed by atoms with van der Waals surface area (Å²) in [5.74, 6) is 0. The second-order valence-electron chi connectivity index (χ2n) is 1.75. The van der Waals surface area contributed by atoms with Crippen molar-refractivity contribution in [3.05, 3.63) is 0 Å². The zero-order chi connectivity index (χ0) is 6.24. The van der Waals surface area contributed by atoms with Gasteiger partial charge in [-0.3, -0.25) is 0 Å². The maximum atomic E-state index is 3.22.